The molecule has 0 fully saturated rings. The second kappa shape index (κ2) is 15.7. The number of pyridine rings is 2. The second-order valence-corrected chi connectivity index (χ2v) is 14.8. The van der Waals surface area contributed by atoms with E-state index < -0.39 is 24.5 Å². The Labute approximate surface area is 343 Å². The van der Waals surface area contributed by atoms with Crippen LogP contribution in [0.4, 0.5) is 11.9 Å². The molecule has 8 rings (SSSR count). The maximum absolute atomic E-state index is 13.9. The van der Waals surface area contributed by atoms with Crippen LogP contribution >= 0.6 is 11.8 Å². The number of carbonyl (C=O) groups is 2. The van der Waals surface area contributed by atoms with Crippen molar-refractivity contribution < 1.29 is 24.2 Å². The average Bonchev–Trinajstić information content (AvgIpc) is 4.03. The first-order valence-corrected chi connectivity index (χ1v) is 19.8. The van der Waals surface area contributed by atoms with Gasteiger partial charge in [0.05, 0.1) is 23.6 Å². The number of hydrogen-bond donors (Lipinski definition) is 5. The first-order chi connectivity index (χ1) is 28.8. The fraction of sp³-hybridized carbons (Fsp3) is 0.200. The van der Waals surface area contributed by atoms with Gasteiger partial charge in [-0.15, -0.1) is 10.2 Å². The Morgan fingerprint density at radius 3 is 2.02 bits per heavy atom. The summed E-state index contributed by atoms with van der Waals surface area (Å²) in [5.41, 5.74) is 13.7. The summed E-state index contributed by atoms with van der Waals surface area (Å²) < 4.78 is 17.0. The quantitative estimate of drug-likeness (QED) is 0.110. The molecule has 0 amide bonds. The molecule has 20 heteroatoms. The van der Waals surface area contributed by atoms with Crippen LogP contribution in [0.15, 0.2) is 93.6 Å². The van der Waals surface area contributed by atoms with Gasteiger partial charge in [-0.3, -0.25) is 28.3 Å². The Kier molecular flexibility index (Phi) is 10.3. The Morgan fingerprint density at radius 2 is 1.38 bits per heavy atom. The van der Waals surface area contributed by atoms with E-state index in [4.69, 9.17) is 20.9 Å². The number of thioether (sulfide) groups is 1. The number of hydrogen-bond acceptors (Lipinski definition) is 14. The van der Waals surface area contributed by atoms with E-state index in [9.17, 15) is 24.3 Å². The number of aliphatic hydroxyl groups excluding tert-OH is 1. The van der Waals surface area contributed by atoms with Crippen LogP contribution in [-0.4, -0.2) is 84.0 Å². The summed E-state index contributed by atoms with van der Waals surface area (Å²) >= 11 is 1.22. The van der Waals surface area contributed by atoms with Crippen molar-refractivity contribution in [3.05, 3.63) is 122 Å². The van der Waals surface area contributed by atoms with E-state index in [1.54, 1.807) is 73.0 Å². The van der Waals surface area contributed by atoms with Crippen LogP contribution in [-0.2, 0) is 13.0 Å². The topological polar surface area (TPSA) is 262 Å². The van der Waals surface area contributed by atoms with Crippen molar-refractivity contribution in [1.29, 1.82) is 0 Å². The monoisotopic (exact) mass is 830 g/mol. The highest BCUT2D eigenvalue weighted by atomic mass is 32.2. The molecule has 1 unspecified atom stereocenters. The van der Waals surface area contributed by atoms with Gasteiger partial charge in [-0.25, -0.2) is 0 Å². The number of aromatic nitrogens is 10. The number of nitrogens with two attached hydrogens (primary N) is 2. The zero-order chi connectivity index (χ0) is 42.4. The van der Waals surface area contributed by atoms with Crippen molar-refractivity contribution in [3.63, 3.8) is 0 Å². The summed E-state index contributed by atoms with van der Waals surface area (Å²) in [4.78, 5) is 68.2. The van der Waals surface area contributed by atoms with E-state index in [0.717, 1.165) is 9.36 Å². The van der Waals surface area contributed by atoms with Gasteiger partial charge in [0.25, 0.3) is 22.9 Å². The fourth-order valence-electron chi connectivity index (χ4n) is 6.89. The third-order valence-corrected chi connectivity index (χ3v) is 10.0. The molecule has 7 N–H and O–H groups in total. The zero-order valence-electron chi connectivity index (χ0n) is 32.6. The highest BCUT2D eigenvalue weighted by molar-refractivity contribution is 7.98. The predicted octanol–water partition coefficient (Wildman–Crippen LogP) is 3.69. The lowest BCUT2D eigenvalue weighted by atomic mass is 10.1. The summed E-state index contributed by atoms with van der Waals surface area (Å²) in [6, 6.07) is 21.7. The van der Waals surface area contributed by atoms with Crippen LogP contribution in [0.2, 0.25) is 0 Å². The number of nitrogens with one attached hydrogen (secondary N) is 2. The molecule has 0 saturated heterocycles. The maximum Gasteiger partial charge on any atom is 0.297 e. The van der Waals surface area contributed by atoms with E-state index in [-0.39, 0.29) is 52.8 Å². The zero-order valence-corrected chi connectivity index (χ0v) is 33.4. The normalized spacial score (nSPS) is 12.1. The molecule has 306 valence electrons. The van der Waals surface area contributed by atoms with Gasteiger partial charge >= 0.3 is 0 Å². The predicted molar refractivity (Wildman–Crippen MR) is 223 cm³/mol. The molecular weight excluding hydrogens is 793 g/mol. The van der Waals surface area contributed by atoms with Crippen molar-refractivity contribution in [3.8, 4) is 22.9 Å². The van der Waals surface area contributed by atoms with Crippen LogP contribution in [0.5, 0.6) is 11.5 Å². The number of carbonyl (C=O) groups excluding carboxylic acids is 2. The average molecular weight is 831 g/mol. The van der Waals surface area contributed by atoms with Gasteiger partial charge < -0.3 is 36.0 Å². The molecule has 6 heterocycles. The Bertz CT molecular complexity index is 3050. The number of H-pyrrole nitrogens is 2. The SMILES string of the molecule is CSc1nc(N)nn1C(=O)c1cc2c(CC(C)Oc3ccc(-n4c(=O)ccc5cc(C(=O)n6nc(CO)nc6N)[nH]c54)cc3)cc(=O)n(-c3ccc(OC(C)C)cc3)c2[nH]1. The number of aliphatic hydroxyl groups is 1. The van der Waals surface area contributed by atoms with Gasteiger partial charge in [-0.1, -0.05) is 11.8 Å². The van der Waals surface area contributed by atoms with Gasteiger partial charge in [0.1, 0.15) is 40.8 Å². The van der Waals surface area contributed by atoms with Crippen LogP contribution in [0, 0.1) is 0 Å². The van der Waals surface area contributed by atoms with E-state index in [2.05, 4.69) is 30.1 Å². The van der Waals surface area contributed by atoms with Crippen LogP contribution < -0.4 is 32.1 Å². The van der Waals surface area contributed by atoms with E-state index in [1.807, 2.05) is 20.8 Å². The van der Waals surface area contributed by atoms with Gasteiger partial charge in [-0.2, -0.15) is 19.3 Å². The summed E-state index contributed by atoms with van der Waals surface area (Å²) in [5.74, 6) is -0.250. The largest absolute Gasteiger partial charge is 0.491 e. The molecule has 0 bridgehead atoms. The number of nitrogen functional groups attached to an aromatic ring is 2. The molecule has 8 aromatic rings. The lowest BCUT2D eigenvalue weighted by Crippen LogP contribution is -2.22. The number of aromatic amines is 2. The molecule has 0 saturated carbocycles. The fourth-order valence-corrected chi connectivity index (χ4v) is 7.37. The number of rotatable bonds is 12. The van der Waals surface area contributed by atoms with Crippen LogP contribution in [0.25, 0.3) is 33.4 Å². The molecule has 6 aromatic heterocycles. The van der Waals surface area contributed by atoms with Gasteiger partial charge in [0, 0.05) is 29.3 Å². The third-order valence-electron chi connectivity index (χ3n) is 9.41. The minimum atomic E-state index is -0.624. The molecule has 19 nitrogen and oxygen atoms in total. The van der Waals surface area contributed by atoms with Crippen LogP contribution in [0.1, 0.15) is 53.1 Å². The van der Waals surface area contributed by atoms with Crippen LogP contribution in [0.3, 0.4) is 0 Å². The Hall–Kier alpha value is -7.45. The minimum Gasteiger partial charge on any atom is -0.491 e. The highest BCUT2D eigenvalue weighted by Gasteiger charge is 2.23. The molecule has 1 atom stereocenters. The summed E-state index contributed by atoms with van der Waals surface area (Å²) in [7, 11) is 0. The first kappa shape index (κ1) is 39.4. The lowest BCUT2D eigenvalue weighted by molar-refractivity contribution is 0.0926. The van der Waals surface area contributed by atoms with Gasteiger partial charge in [0.2, 0.25) is 11.9 Å². The first-order valence-electron chi connectivity index (χ1n) is 18.6. The summed E-state index contributed by atoms with van der Waals surface area (Å²) in [6.45, 7) is 5.21. The van der Waals surface area contributed by atoms with Crippen molar-refractivity contribution >= 4 is 57.5 Å². The van der Waals surface area contributed by atoms with Crippen molar-refractivity contribution in [2.24, 2.45) is 0 Å². The summed E-state index contributed by atoms with van der Waals surface area (Å²) in [6.07, 6.45) is 1.54. The van der Waals surface area contributed by atoms with E-state index >= 15 is 0 Å². The Balaban J connectivity index is 1.08. The molecular formula is C40H38N12O7S. The molecule has 0 aliphatic carbocycles. The molecule has 0 radical (unpaired) electrons. The number of nitrogens with zero attached hydrogens (tertiary/aromatic N) is 8. The number of benzene rings is 2. The number of ether oxygens (including phenoxy) is 2. The molecule has 2 aromatic carbocycles. The summed E-state index contributed by atoms with van der Waals surface area (Å²) in [5, 5.41) is 18.9. The molecule has 0 spiro atoms. The second-order valence-electron chi connectivity index (χ2n) is 14.0. The molecule has 0 aliphatic rings. The van der Waals surface area contributed by atoms with Gasteiger partial charge in [-0.05, 0) is 99.3 Å². The third kappa shape index (κ3) is 7.39. The highest BCUT2D eigenvalue weighted by Crippen LogP contribution is 2.27. The van der Waals surface area contributed by atoms with Crippen molar-refractivity contribution in [2.45, 2.75) is 51.2 Å². The van der Waals surface area contributed by atoms with E-state index in [1.165, 1.54) is 33.0 Å². The lowest BCUT2D eigenvalue weighted by Gasteiger charge is -2.17. The molecule has 60 heavy (non-hydrogen) atoms. The van der Waals surface area contributed by atoms with E-state index in [0.29, 0.717) is 55.7 Å². The van der Waals surface area contributed by atoms with Crippen molar-refractivity contribution in [2.75, 3.05) is 17.7 Å². The standard InChI is InChI=1S/C40H38N12O7S/c1-20(2)58-26-10-6-25(7-11-26)50-33(55)17-23(28-18-30(44-35(28)50)37(57)52-40(60-4)46-38(41)48-52)15-21(3)59-27-12-8-24(9-13-27)49-32(54)14-5-22-16-29(43-34(22)49)36(56)51-39(42)45-31(19-53)47-51/h5-14,16-18,20-21,43-44,53H,15,19H2,1-4H3,(H2,41,48)(H2,42,45,47). The smallest absolute Gasteiger partial charge is 0.297 e. The van der Waals surface area contributed by atoms with Crippen molar-refractivity contribution in [1.82, 2.24) is 48.6 Å². The Morgan fingerprint density at radius 1 is 0.767 bits per heavy atom. The number of fused-ring (bicyclic) bond motifs is 2. The van der Waals surface area contributed by atoms with Gasteiger partial charge in [0.15, 0.2) is 11.0 Å². The maximum atomic E-state index is 13.9. The minimum absolute atomic E-state index is 0.00814. The molecule has 0 aliphatic heterocycles. The number of anilines is 2.